The maximum Gasteiger partial charge on any atom is 0.303 e. The molecule has 0 aromatic heterocycles. The van der Waals surface area contributed by atoms with Gasteiger partial charge in [0.15, 0.2) is 0 Å². The van der Waals surface area contributed by atoms with E-state index in [2.05, 4.69) is 5.32 Å². The zero-order valence-corrected chi connectivity index (χ0v) is 9.82. The lowest BCUT2D eigenvalue weighted by atomic mass is 10.1. The van der Waals surface area contributed by atoms with Crippen molar-refractivity contribution in [1.82, 2.24) is 5.32 Å². The van der Waals surface area contributed by atoms with Gasteiger partial charge in [-0.3, -0.25) is 4.79 Å². The molecule has 1 rings (SSSR count). The summed E-state index contributed by atoms with van der Waals surface area (Å²) >= 11 is 0. The molecule has 0 saturated heterocycles. The van der Waals surface area contributed by atoms with Crippen LogP contribution in [0.15, 0.2) is 0 Å². The van der Waals surface area contributed by atoms with Crippen molar-refractivity contribution >= 4 is 5.97 Å². The van der Waals surface area contributed by atoms with Crippen LogP contribution in [0.4, 0.5) is 0 Å². The Balaban J connectivity index is 2.09. The van der Waals surface area contributed by atoms with Gasteiger partial charge in [0.05, 0.1) is 6.10 Å². The van der Waals surface area contributed by atoms with Gasteiger partial charge in [-0.2, -0.15) is 0 Å². The van der Waals surface area contributed by atoms with Crippen LogP contribution in [-0.2, 0) is 4.79 Å². The van der Waals surface area contributed by atoms with E-state index < -0.39 is 12.1 Å². The third-order valence-electron chi connectivity index (χ3n) is 3.19. The summed E-state index contributed by atoms with van der Waals surface area (Å²) in [5.41, 5.74) is 0. The molecule has 0 bridgehead atoms. The first-order chi connectivity index (χ1) is 7.68. The SMILES string of the molecule is O=C(O)CCC(O)CNC1CCCCCC1. The molecule has 4 heteroatoms. The molecule has 0 aliphatic heterocycles. The third kappa shape index (κ3) is 6.08. The molecule has 0 radical (unpaired) electrons. The van der Waals surface area contributed by atoms with Crippen LogP contribution < -0.4 is 5.32 Å². The first kappa shape index (κ1) is 13.5. The van der Waals surface area contributed by atoms with Crippen LogP contribution in [0.2, 0.25) is 0 Å². The van der Waals surface area contributed by atoms with Gasteiger partial charge in [-0.1, -0.05) is 25.7 Å². The number of aliphatic carboxylic acids is 1. The highest BCUT2D eigenvalue weighted by Gasteiger charge is 2.13. The third-order valence-corrected chi connectivity index (χ3v) is 3.19. The van der Waals surface area contributed by atoms with E-state index in [-0.39, 0.29) is 6.42 Å². The van der Waals surface area contributed by atoms with Gasteiger partial charge in [0, 0.05) is 19.0 Å². The summed E-state index contributed by atoms with van der Waals surface area (Å²) in [5.74, 6) is -0.839. The van der Waals surface area contributed by atoms with Crippen molar-refractivity contribution in [2.75, 3.05) is 6.54 Å². The van der Waals surface area contributed by atoms with Gasteiger partial charge >= 0.3 is 5.97 Å². The number of aliphatic hydroxyl groups excluding tert-OH is 1. The number of carboxylic acids is 1. The van der Waals surface area contributed by atoms with Crippen molar-refractivity contribution in [3.63, 3.8) is 0 Å². The zero-order chi connectivity index (χ0) is 11.8. The largest absolute Gasteiger partial charge is 0.481 e. The molecule has 0 amide bonds. The van der Waals surface area contributed by atoms with E-state index in [9.17, 15) is 9.90 Å². The number of carboxylic acid groups (broad SMARTS) is 1. The number of carbonyl (C=O) groups is 1. The summed E-state index contributed by atoms with van der Waals surface area (Å²) in [6.07, 6.45) is 7.41. The quantitative estimate of drug-likeness (QED) is 0.604. The Hall–Kier alpha value is -0.610. The van der Waals surface area contributed by atoms with Crippen molar-refractivity contribution < 1.29 is 15.0 Å². The Morgan fingerprint density at radius 3 is 2.44 bits per heavy atom. The molecular formula is C12H23NO3. The van der Waals surface area contributed by atoms with Gasteiger partial charge in [0.25, 0.3) is 0 Å². The van der Waals surface area contributed by atoms with Crippen LogP contribution in [0.1, 0.15) is 51.4 Å². The Morgan fingerprint density at radius 1 is 1.25 bits per heavy atom. The van der Waals surface area contributed by atoms with Crippen molar-refractivity contribution in [2.45, 2.75) is 63.5 Å². The van der Waals surface area contributed by atoms with E-state index in [1.54, 1.807) is 0 Å². The minimum absolute atomic E-state index is 0.0491. The second-order valence-electron chi connectivity index (χ2n) is 4.68. The summed E-state index contributed by atoms with van der Waals surface area (Å²) in [4.78, 5) is 10.3. The molecular weight excluding hydrogens is 206 g/mol. The molecule has 1 saturated carbocycles. The number of nitrogens with one attached hydrogen (secondary N) is 1. The molecule has 0 spiro atoms. The fraction of sp³-hybridized carbons (Fsp3) is 0.917. The molecule has 3 N–H and O–H groups in total. The van der Waals surface area contributed by atoms with Crippen molar-refractivity contribution in [2.24, 2.45) is 0 Å². The van der Waals surface area contributed by atoms with Gasteiger partial charge < -0.3 is 15.5 Å². The van der Waals surface area contributed by atoms with Gasteiger partial charge in [0.1, 0.15) is 0 Å². The Labute approximate surface area is 97.0 Å². The first-order valence-corrected chi connectivity index (χ1v) is 6.31. The highest BCUT2D eigenvalue weighted by molar-refractivity contribution is 5.66. The summed E-state index contributed by atoms with van der Waals surface area (Å²) in [7, 11) is 0. The van der Waals surface area contributed by atoms with Gasteiger partial charge in [0.2, 0.25) is 0 Å². The molecule has 94 valence electrons. The maximum atomic E-state index is 10.3. The number of hydrogen-bond donors (Lipinski definition) is 3. The highest BCUT2D eigenvalue weighted by Crippen LogP contribution is 2.17. The Morgan fingerprint density at radius 2 is 1.88 bits per heavy atom. The van der Waals surface area contributed by atoms with E-state index in [1.165, 1.54) is 38.5 Å². The number of rotatable bonds is 6. The predicted octanol–water partition coefficient (Wildman–Crippen LogP) is 1.52. The van der Waals surface area contributed by atoms with Crippen LogP contribution in [0.25, 0.3) is 0 Å². The topological polar surface area (TPSA) is 69.6 Å². The van der Waals surface area contributed by atoms with Crippen LogP contribution >= 0.6 is 0 Å². The lowest BCUT2D eigenvalue weighted by Crippen LogP contribution is -2.35. The van der Waals surface area contributed by atoms with E-state index in [1.807, 2.05) is 0 Å². The molecule has 1 unspecified atom stereocenters. The fourth-order valence-electron chi connectivity index (χ4n) is 2.18. The van der Waals surface area contributed by atoms with Crippen molar-refractivity contribution in [3.8, 4) is 0 Å². The van der Waals surface area contributed by atoms with Crippen LogP contribution in [-0.4, -0.2) is 34.9 Å². The van der Waals surface area contributed by atoms with E-state index >= 15 is 0 Å². The Kier molecular flexibility index (Phi) is 6.42. The molecule has 1 aliphatic carbocycles. The smallest absolute Gasteiger partial charge is 0.303 e. The maximum absolute atomic E-state index is 10.3. The van der Waals surface area contributed by atoms with Crippen LogP contribution in [0.3, 0.4) is 0 Å². The standard InChI is InChI=1S/C12H23NO3/c14-11(7-8-12(15)16)9-13-10-5-3-1-2-4-6-10/h10-11,13-14H,1-9H2,(H,15,16). The molecule has 1 aliphatic rings. The highest BCUT2D eigenvalue weighted by atomic mass is 16.4. The average molecular weight is 229 g/mol. The van der Waals surface area contributed by atoms with Crippen molar-refractivity contribution in [3.05, 3.63) is 0 Å². The molecule has 1 atom stereocenters. The van der Waals surface area contributed by atoms with Gasteiger partial charge in [-0.05, 0) is 19.3 Å². The molecule has 16 heavy (non-hydrogen) atoms. The minimum atomic E-state index is -0.839. The second kappa shape index (κ2) is 7.63. The molecule has 1 fully saturated rings. The van der Waals surface area contributed by atoms with E-state index in [0.29, 0.717) is 19.0 Å². The van der Waals surface area contributed by atoms with Crippen molar-refractivity contribution in [1.29, 1.82) is 0 Å². The molecule has 0 heterocycles. The Bertz CT molecular complexity index is 200. The lowest BCUT2D eigenvalue weighted by Gasteiger charge is -2.18. The molecule has 4 nitrogen and oxygen atoms in total. The average Bonchev–Trinajstić information content (AvgIpc) is 2.51. The summed E-state index contributed by atoms with van der Waals surface area (Å²) in [6, 6.07) is 0.516. The summed E-state index contributed by atoms with van der Waals surface area (Å²) in [6.45, 7) is 0.526. The van der Waals surface area contributed by atoms with E-state index in [4.69, 9.17) is 5.11 Å². The first-order valence-electron chi connectivity index (χ1n) is 6.31. The molecule has 0 aromatic carbocycles. The minimum Gasteiger partial charge on any atom is -0.481 e. The van der Waals surface area contributed by atoms with Crippen LogP contribution in [0.5, 0.6) is 0 Å². The zero-order valence-electron chi connectivity index (χ0n) is 9.82. The monoisotopic (exact) mass is 229 g/mol. The summed E-state index contributed by atoms with van der Waals surface area (Å²) in [5, 5.41) is 21.4. The second-order valence-corrected chi connectivity index (χ2v) is 4.68. The number of aliphatic hydroxyl groups is 1. The lowest BCUT2D eigenvalue weighted by molar-refractivity contribution is -0.137. The van der Waals surface area contributed by atoms with Gasteiger partial charge in [-0.25, -0.2) is 0 Å². The van der Waals surface area contributed by atoms with Gasteiger partial charge in [-0.15, -0.1) is 0 Å². The molecule has 0 aromatic rings. The number of hydrogen-bond acceptors (Lipinski definition) is 3. The summed E-state index contributed by atoms with van der Waals surface area (Å²) < 4.78 is 0. The normalized spacial score (nSPS) is 20.3. The van der Waals surface area contributed by atoms with Crippen LogP contribution in [0, 0.1) is 0 Å². The predicted molar refractivity (Wildman–Crippen MR) is 62.4 cm³/mol. The van der Waals surface area contributed by atoms with E-state index in [0.717, 1.165) is 0 Å². The fourth-order valence-corrected chi connectivity index (χ4v) is 2.18.